The lowest BCUT2D eigenvalue weighted by Gasteiger charge is -2.42. The summed E-state index contributed by atoms with van der Waals surface area (Å²) in [5, 5.41) is 3.47. The van der Waals surface area contributed by atoms with Crippen LogP contribution in [0, 0.1) is 0 Å². The van der Waals surface area contributed by atoms with E-state index >= 15 is 0 Å². The maximum Gasteiger partial charge on any atom is 0.307 e. The third-order valence-electron chi connectivity index (χ3n) is 3.12. The van der Waals surface area contributed by atoms with Crippen LogP contribution in [0.5, 0.6) is 0 Å². The molecule has 14 heavy (non-hydrogen) atoms. The van der Waals surface area contributed by atoms with Gasteiger partial charge in [-0.25, -0.2) is 0 Å². The minimum Gasteiger partial charge on any atom is -0.466 e. The van der Waals surface area contributed by atoms with Crippen molar-refractivity contribution in [2.75, 3.05) is 13.2 Å². The number of carbonyl (C=O) groups excluding carboxylic acids is 1. The monoisotopic (exact) mass is 199 g/mol. The Balaban J connectivity index is 2.11. The Morgan fingerprint density at radius 2 is 2.14 bits per heavy atom. The first-order chi connectivity index (χ1) is 6.72. The van der Waals surface area contributed by atoms with Crippen LogP contribution in [0.4, 0.5) is 0 Å². The van der Waals surface area contributed by atoms with Gasteiger partial charge in [-0.3, -0.25) is 4.79 Å². The molecule has 0 aromatic carbocycles. The molecule has 1 fully saturated rings. The zero-order valence-electron chi connectivity index (χ0n) is 9.27. The first-order valence-electron chi connectivity index (χ1n) is 5.63. The smallest absolute Gasteiger partial charge is 0.307 e. The summed E-state index contributed by atoms with van der Waals surface area (Å²) in [4.78, 5) is 11.1. The molecule has 1 aliphatic carbocycles. The van der Waals surface area contributed by atoms with Crippen molar-refractivity contribution < 1.29 is 9.53 Å². The van der Waals surface area contributed by atoms with Crippen molar-refractivity contribution in [3.63, 3.8) is 0 Å². The Labute approximate surface area is 86.2 Å². The Morgan fingerprint density at radius 3 is 2.57 bits per heavy atom. The third-order valence-corrected chi connectivity index (χ3v) is 3.12. The molecule has 0 bridgehead atoms. The van der Waals surface area contributed by atoms with Crippen molar-refractivity contribution in [2.24, 2.45) is 0 Å². The molecule has 82 valence electrons. The maximum absolute atomic E-state index is 11.1. The standard InChI is InChI=1S/C11H21NO2/c1-3-11(7-5-8-11)12-9-6-10(13)14-4-2/h12H,3-9H2,1-2H3. The highest BCUT2D eigenvalue weighted by Gasteiger charge is 2.34. The largest absolute Gasteiger partial charge is 0.466 e. The second kappa shape index (κ2) is 5.35. The molecule has 0 radical (unpaired) electrons. The lowest BCUT2D eigenvalue weighted by Crippen LogP contribution is -2.50. The molecule has 0 aliphatic heterocycles. The molecule has 1 rings (SSSR count). The van der Waals surface area contributed by atoms with Crippen LogP contribution in [0.3, 0.4) is 0 Å². The molecular weight excluding hydrogens is 178 g/mol. The number of hydrogen-bond donors (Lipinski definition) is 1. The zero-order valence-corrected chi connectivity index (χ0v) is 9.27. The normalized spacial score (nSPS) is 18.7. The van der Waals surface area contributed by atoms with E-state index in [0.29, 0.717) is 18.6 Å². The van der Waals surface area contributed by atoms with Crippen molar-refractivity contribution in [2.45, 2.75) is 51.5 Å². The van der Waals surface area contributed by atoms with E-state index in [1.807, 2.05) is 6.92 Å². The minimum absolute atomic E-state index is 0.0921. The first-order valence-corrected chi connectivity index (χ1v) is 5.63. The van der Waals surface area contributed by atoms with Gasteiger partial charge in [-0.1, -0.05) is 6.92 Å². The van der Waals surface area contributed by atoms with Crippen LogP contribution in [0.15, 0.2) is 0 Å². The zero-order chi connectivity index (χ0) is 10.4. The van der Waals surface area contributed by atoms with Crippen molar-refractivity contribution in [1.29, 1.82) is 0 Å². The molecule has 3 heteroatoms. The quantitative estimate of drug-likeness (QED) is 0.664. The van der Waals surface area contributed by atoms with Gasteiger partial charge in [0, 0.05) is 12.1 Å². The van der Waals surface area contributed by atoms with Gasteiger partial charge >= 0.3 is 5.97 Å². The Morgan fingerprint density at radius 1 is 1.43 bits per heavy atom. The fourth-order valence-electron chi connectivity index (χ4n) is 1.92. The van der Waals surface area contributed by atoms with Gasteiger partial charge in [0.1, 0.15) is 0 Å². The van der Waals surface area contributed by atoms with Gasteiger partial charge in [-0.05, 0) is 32.6 Å². The van der Waals surface area contributed by atoms with Gasteiger partial charge in [-0.2, -0.15) is 0 Å². The van der Waals surface area contributed by atoms with Crippen LogP contribution >= 0.6 is 0 Å². The Kier molecular flexibility index (Phi) is 4.39. The number of rotatable bonds is 6. The summed E-state index contributed by atoms with van der Waals surface area (Å²) in [5.41, 5.74) is 0.340. The van der Waals surface area contributed by atoms with Crippen molar-refractivity contribution >= 4 is 5.97 Å². The molecule has 0 heterocycles. The fraction of sp³-hybridized carbons (Fsp3) is 0.909. The average Bonchev–Trinajstić information content (AvgIpc) is 2.10. The van der Waals surface area contributed by atoms with E-state index in [2.05, 4.69) is 12.2 Å². The van der Waals surface area contributed by atoms with Gasteiger partial charge in [0.25, 0.3) is 0 Å². The molecule has 0 saturated heterocycles. The average molecular weight is 199 g/mol. The van der Waals surface area contributed by atoms with Crippen LogP contribution < -0.4 is 5.32 Å². The highest BCUT2D eigenvalue weighted by atomic mass is 16.5. The second-order valence-electron chi connectivity index (χ2n) is 3.97. The van der Waals surface area contributed by atoms with E-state index in [1.54, 1.807) is 0 Å². The number of nitrogens with one attached hydrogen (secondary N) is 1. The molecule has 0 aromatic heterocycles. The molecule has 0 atom stereocenters. The lowest BCUT2D eigenvalue weighted by atomic mass is 9.75. The van der Waals surface area contributed by atoms with E-state index in [1.165, 1.54) is 19.3 Å². The Bertz CT molecular complexity index is 182. The number of carbonyl (C=O) groups is 1. The summed E-state index contributed by atoms with van der Waals surface area (Å²) < 4.78 is 4.86. The lowest BCUT2D eigenvalue weighted by molar-refractivity contribution is -0.143. The number of esters is 1. The second-order valence-corrected chi connectivity index (χ2v) is 3.97. The first kappa shape index (κ1) is 11.5. The summed E-state index contributed by atoms with van der Waals surface area (Å²) in [6, 6.07) is 0. The van der Waals surface area contributed by atoms with E-state index < -0.39 is 0 Å². The van der Waals surface area contributed by atoms with E-state index in [9.17, 15) is 4.79 Å². The Hall–Kier alpha value is -0.570. The molecule has 1 N–H and O–H groups in total. The molecule has 0 amide bonds. The topological polar surface area (TPSA) is 38.3 Å². The fourth-order valence-corrected chi connectivity index (χ4v) is 1.92. The molecule has 1 aliphatic rings. The third kappa shape index (κ3) is 2.98. The minimum atomic E-state index is -0.0921. The summed E-state index contributed by atoms with van der Waals surface area (Å²) >= 11 is 0. The van der Waals surface area contributed by atoms with Crippen molar-refractivity contribution in [1.82, 2.24) is 5.32 Å². The maximum atomic E-state index is 11.1. The van der Waals surface area contributed by atoms with E-state index in [0.717, 1.165) is 13.0 Å². The number of ether oxygens (including phenoxy) is 1. The molecule has 0 unspecified atom stereocenters. The molecular formula is C11H21NO2. The van der Waals surface area contributed by atoms with Crippen molar-refractivity contribution in [3.05, 3.63) is 0 Å². The molecule has 1 saturated carbocycles. The molecule has 3 nitrogen and oxygen atoms in total. The summed E-state index contributed by atoms with van der Waals surface area (Å²) in [7, 11) is 0. The van der Waals surface area contributed by atoms with Crippen LogP contribution in [0.1, 0.15) is 46.0 Å². The summed E-state index contributed by atoms with van der Waals surface area (Å²) in [6.07, 6.45) is 5.49. The molecule has 0 aromatic rings. The van der Waals surface area contributed by atoms with E-state index in [-0.39, 0.29) is 5.97 Å². The van der Waals surface area contributed by atoms with Crippen LogP contribution in [-0.4, -0.2) is 24.7 Å². The van der Waals surface area contributed by atoms with Gasteiger partial charge < -0.3 is 10.1 Å². The van der Waals surface area contributed by atoms with Crippen LogP contribution in [-0.2, 0) is 9.53 Å². The van der Waals surface area contributed by atoms with Gasteiger partial charge in [-0.15, -0.1) is 0 Å². The summed E-state index contributed by atoms with van der Waals surface area (Å²) in [5.74, 6) is -0.0921. The van der Waals surface area contributed by atoms with Crippen LogP contribution in [0.25, 0.3) is 0 Å². The van der Waals surface area contributed by atoms with Gasteiger partial charge in [0.2, 0.25) is 0 Å². The van der Waals surface area contributed by atoms with Gasteiger partial charge in [0.15, 0.2) is 0 Å². The predicted molar refractivity (Wildman–Crippen MR) is 56.1 cm³/mol. The van der Waals surface area contributed by atoms with E-state index in [4.69, 9.17) is 4.74 Å². The number of hydrogen-bond acceptors (Lipinski definition) is 3. The predicted octanol–water partition coefficient (Wildman–Crippen LogP) is 1.86. The van der Waals surface area contributed by atoms with Crippen molar-refractivity contribution in [3.8, 4) is 0 Å². The molecule has 0 spiro atoms. The highest BCUT2D eigenvalue weighted by molar-refractivity contribution is 5.69. The highest BCUT2D eigenvalue weighted by Crippen LogP contribution is 2.34. The summed E-state index contributed by atoms with van der Waals surface area (Å²) in [6.45, 7) is 5.28. The van der Waals surface area contributed by atoms with Crippen LogP contribution in [0.2, 0.25) is 0 Å². The van der Waals surface area contributed by atoms with Gasteiger partial charge in [0.05, 0.1) is 13.0 Å². The SMILES string of the molecule is CCOC(=O)CCNC1(CC)CCC1.